The van der Waals surface area contributed by atoms with Crippen LogP contribution in [0.2, 0.25) is 5.02 Å². The second-order valence-corrected chi connectivity index (χ2v) is 6.07. The highest BCUT2D eigenvalue weighted by Crippen LogP contribution is 2.36. The number of esters is 1. The summed E-state index contributed by atoms with van der Waals surface area (Å²) in [7, 11) is 1.25. The molecule has 3 rings (SSSR count). The third-order valence-corrected chi connectivity index (χ3v) is 4.35. The number of amides is 1. The zero-order valence-electron chi connectivity index (χ0n) is 14.1. The van der Waals surface area contributed by atoms with Crippen molar-refractivity contribution in [2.45, 2.75) is 6.92 Å². The van der Waals surface area contributed by atoms with Crippen molar-refractivity contribution in [2.24, 2.45) is 0 Å². The third-order valence-electron chi connectivity index (χ3n) is 4.06. The van der Waals surface area contributed by atoms with Crippen LogP contribution in [0, 0.1) is 5.82 Å². The summed E-state index contributed by atoms with van der Waals surface area (Å²) in [6.45, 7) is 1.63. The Morgan fingerprint density at radius 3 is 2.50 bits per heavy atom. The summed E-state index contributed by atoms with van der Waals surface area (Å²) < 4.78 is 18.3. The number of hydrogen-bond acceptors (Lipinski definition) is 3. The molecule has 2 aromatic rings. The van der Waals surface area contributed by atoms with Gasteiger partial charge in [0, 0.05) is 5.70 Å². The lowest BCUT2D eigenvalue weighted by Crippen LogP contribution is -2.24. The second-order valence-electron chi connectivity index (χ2n) is 5.66. The van der Waals surface area contributed by atoms with Gasteiger partial charge in [0.1, 0.15) is 5.82 Å². The Morgan fingerprint density at radius 2 is 1.88 bits per heavy atom. The van der Waals surface area contributed by atoms with Crippen LogP contribution < -0.4 is 4.90 Å². The van der Waals surface area contributed by atoms with E-state index in [9.17, 15) is 14.0 Å². The lowest BCUT2D eigenvalue weighted by Gasteiger charge is -2.18. The number of methoxy groups -OCH3 is 1. The predicted octanol–water partition coefficient (Wildman–Crippen LogP) is 4.36. The number of benzene rings is 2. The first-order chi connectivity index (χ1) is 12.4. The SMILES string of the molecule is COC(=O)C1=C(C)N(c2ccc(F)c(Cl)c2)C(=O)/C1=C\c1ccccc1. The van der Waals surface area contributed by atoms with Crippen LogP contribution in [0.25, 0.3) is 6.08 Å². The maximum atomic E-state index is 13.5. The van der Waals surface area contributed by atoms with Crippen LogP contribution in [0.15, 0.2) is 65.4 Å². The van der Waals surface area contributed by atoms with E-state index in [1.54, 1.807) is 13.0 Å². The smallest absolute Gasteiger partial charge is 0.340 e. The molecule has 6 heteroatoms. The Kier molecular flexibility index (Phi) is 4.91. The Balaban J connectivity index is 2.15. The van der Waals surface area contributed by atoms with Gasteiger partial charge in [0.2, 0.25) is 0 Å². The number of rotatable bonds is 3. The van der Waals surface area contributed by atoms with E-state index in [1.807, 2.05) is 30.3 Å². The molecule has 1 heterocycles. The van der Waals surface area contributed by atoms with E-state index in [1.165, 1.54) is 30.2 Å². The van der Waals surface area contributed by atoms with Crippen molar-refractivity contribution in [1.29, 1.82) is 0 Å². The number of anilines is 1. The predicted molar refractivity (Wildman–Crippen MR) is 98.0 cm³/mol. The van der Waals surface area contributed by atoms with Gasteiger partial charge in [-0.25, -0.2) is 9.18 Å². The van der Waals surface area contributed by atoms with E-state index in [2.05, 4.69) is 0 Å². The molecule has 0 bridgehead atoms. The number of allylic oxidation sites excluding steroid dienone is 1. The van der Waals surface area contributed by atoms with E-state index in [0.29, 0.717) is 11.4 Å². The van der Waals surface area contributed by atoms with Crippen LogP contribution in [-0.2, 0) is 14.3 Å². The average Bonchev–Trinajstić information content (AvgIpc) is 2.88. The highest BCUT2D eigenvalue weighted by Gasteiger charge is 2.38. The molecule has 0 unspecified atom stereocenters. The lowest BCUT2D eigenvalue weighted by molar-refractivity contribution is -0.136. The van der Waals surface area contributed by atoms with Gasteiger partial charge in [0.25, 0.3) is 5.91 Å². The van der Waals surface area contributed by atoms with Crippen molar-refractivity contribution >= 4 is 35.2 Å². The largest absolute Gasteiger partial charge is 0.465 e. The average molecular weight is 372 g/mol. The van der Waals surface area contributed by atoms with Gasteiger partial charge in [-0.05, 0) is 36.8 Å². The Morgan fingerprint density at radius 1 is 1.19 bits per heavy atom. The molecule has 1 aliphatic heterocycles. The number of hydrogen-bond donors (Lipinski definition) is 0. The van der Waals surface area contributed by atoms with E-state index in [4.69, 9.17) is 16.3 Å². The number of halogens is 2. The molecule has 0 N–H and O–H groups in total. The first kappa shape index (κ1) is 17.9. The highest BCUT2D eigenvalue weighted by atomic mass is 35.5. The van der Waals surface area contributed by atoms with Crippen molar-refractivity contribution in [1.82, 2.24) is 0 Å². The Labute approximate surface area is 155 Å². The molecule has 2 aromatic carbocycles. The molecule has 0 radical (unpaired) electrons. The number of nitrogens with zero attached hydrogens (tertiary/aromatic N) is 1. The summed E-state index contributed by atoms with van der Waals surface area (Å²) in [4.78, 5) is 26.6. The highest BCUT2D eigenvalue weighted by molar-refractivity contribution is 6.31. The number of carbonyl (C=O) groups excluding carboxylic acids is 2. The molecule has 0 aromatic heterocycles. The second kappa shape index (κ2) is 7.14. The molecule has 0 fully saturated rings. The maximum Gasteiger partial charge on any atom is 0.340 e. The van der Waals surface area contributed by atoms with Crippen molar-refractivity contribution in [3.05, 3.63) is 81.8 Å². The van der Waals surface area contributed by atoms with E-state index in [-0.39, 0.29) is 16.2 Å². The molecule has 0 saturated heterocycles. The molecular formula is C20H15ClFNO3. The normalized spacial score (nSPS) is 15.8. The minimum atomic E-state index is -0.617. The van der Waals surface area contributed by atoms with Crippen LogP contribution in [-0.4, -0.2) is 19.0 Å². The number of ether oxygens (including phenoxy) is 1. The van der Waals surface area contributed by atoms with Gasteiger partial charge in [0.15, 0.2) is 0 Å². The third kappa shape index (κ3) is 3.13. The fourth-order valence-electron chi connectivity index (χ4n) is 2.83. The summed E-state index contributed by atoms with van der Waals surface area (Å²) in [6, 6.07) is 13.1. The monoisotopic (exact) mass is 371 g/mol. The molecule has 0 spiro atoms. The van der Waals surface area contributed by atoms with Gasteiger partial charge in [-0.2, -0.15) is 0 Å². The maximum absolute atomic E-state index is 13.5. The van der Waals surface area contributed by atoms with Crippen LogP contribution in [0.5, 0.6) is 0 Å². The lowest BCUT2D eigenvalue weighted by atomic mass is 10.0. The summed E-state index contributed by atoms with van der Waals surface area (Å²) in [5.74, 6) is -1.61. The van der Waals surface area contributed by atoms with Gasteiger partial charge in [-0.1, -0.05) is 41.9 Å². The van der Waals surface area contributed by atoms with Crippen molar-refractivity contribution < 1.29 is 18.7 Å². The zero-order chi connectivity index (χ0) is 18.8. The van der Waals surface area contributed by atoms with E-state index < -0.39 is 17.7 Å². The van der Waals surface area contributed by atoms with E-state index in [0.717, 1.165) is 5.56 Å². The molecule has 132 valence electrons. The van der Waals surface area contributed by atoms with Crippen LogP contribution in [0.1, 0.15) is 12.5 Å². The van der Waals surface area contributed by atoms with Crippen molar-refractivity contribution in [2.75, 3.05) is 12.0 Å². The van der Waals surface area contributed by atoms with Gasteiger partial charge in [0.05, 0.1) is 29.0 Å². The van der Waals surface area contributed by atoms with Gasteiger partial charge < -0.3 is 4.74 Å². The minimum Gasteiger partial charge on any atom is -0.465 e. The summed E-state index contributed by atoms with van der Waals surface area (Å²) in [5, 5.41) is -0.108. The molecule has 26 heavy (non-hydrogen) atoms. The summed E-state index contributed by atoms with van der Waals surface area (Å²) in [6.07, 6.45) is 1.63. The topological polar surface area (TPSA) is 46.6 Å². The molecule has 0 atom stereocenters. The standard InChI is InChI=1S/C20H15ClFNO3/c1-12-18(20(25)26-2)15(10-13-6-4-3-5-7-13)19(24)23(12)14-8-9-17(22)16(21)11-14/h3-11H,1-2H3/b15-10-. The van der Waals surface area contributed by atoms with Crippen molar-refractivity contribution in [3.63, 3.8) is 0 Å². The first-order valence-electron chi connectivity index (χ1n) is 7.80. The Hall–Kier alpha value is -2.92. The minimum absolute atomic E-state index is 0.108. The van der Waals surface area contributed by atoms with E-state index >= 15 is 0 Å². The van der Waals surface area contributed by atoms with Crippen molar-refractivity contribution in [3.8, 4) is 0 Å². The van der Waals surface area contributed by atoms with Crippen LogP contribution in [0.4, 0.5) is 10.1 Å². The van der Waals surface area contributed by atoms with Gasteiger partial charge in [-0.15, -0.1) is 0 Å². The Bertz CT molecular complexity index is 951. The zero-order valence-corrected chi connectivity index (χ0v) is 14.9. The molecule has 1 aliphatic rings. The molecule has 4 nitrogen and oxygen atoms in total. The first-order valence-corrected chi connectivity index (χ1v) is 8.17. The molecule has 0 saturated carbocycles. The number of carbonyl (C=O) groups is 2. The fraction of sp³-hybridized carbons (Fsp3) is 0.100. The van der Waals surface area contributed by atoms with Crippen LogP contribution in [0.3, 0.4) is 0 Å². The molecular weight excluding hydrogens is 357 g/mol. The summed E-state index contributed by atoms with van der Waals surface area (Å²) in [5.41, 5.74) is 1.91. The van der Waals surface area contributed by atoms with Crippen LogP contribution >= 0.6 is 11.6 Å². The molecule has 1 amide bonds. The summed E-state index contributed by atoms with van der Waals surface area (Å²) >= 11 is 5.84. The van der Waals surface area contributed by atoms with Gasteiger partial charge >= 0.3 is 5.97 Å². The molecule has 0 aliphatic carbocycles. The quantitative estimate of drug-likeness (QED) is 0.595. The van der Waals surface area contributed by atoms with Gasteiger partial charge in [-0.3, -0.25) is 9.69 Å². The fourth-order valence-corrected chi connectivity index (χ4v) is 3.01.